The zero-order valence-corrected chi connectivity index (χ0v) is 20.0. The molecule has 4 aliphatic carbocycles. The Morgan fingerprint density at radius 2 is 1.65 bits per heavy atom. The second kappa shape index (κ2) is 9.55. The molecule has 4 heteroatoms. The van der Waals surface area contributed by atoms with E-state index in [1.807, 2.05) is 0 Å². The lowest BCUT2D eigenvalue weighted by atomic mass is 9.52. The van der Waals surface area contributed by atoms with E-state index in [1.165, 1.54) is 57.8 Å². The zero-order valence-electron chi connectivity index (χ0n) is 20.0. The maximum atomic E-state index is 12.3. The largest absolute Gasteiger partial charge is 0.456 e. The second-order valence-electron chi connectivity index (χ2n) is 11.4. The lowest BCUT2D eigenvalue weighted by molar-refractivity contribution is -0.232. The van der Waals surface area contributed by atoms with Crippen molar-refractivity contribution in [2.24, 2.45) is 11.8 Å². The second-order valence-corrected chi connectivity index (χ2v) is 11.4. The minimum Gasteiger partial charge on any atom is -0.456 e. The van der Waals surface area contributed by atoms with E-state index < -0.39 is 0 Å². The molecule has 0 radical (unpaired) electrons. The van der Waals surface area contributed by atoms with Gasteiger partial charge >= 0.3 is 5.97 Å². The smallest absolute Gasteiger partial charge is 0.333 e. The summed E-state index contributed by atoms with van der Waals surface area (Å²) in [6, 6.07) is 0. The summed E-state index contributed by atoms with van der Waals surface area (Å²) >= 11 is 0. The molecule has 1 heterocycles. The summed E-state index contributed by atoms with van der Waals surface area (Å²) in [5.74, 6) is 1.09. The van der Waals surface area contributed by atoms with E-state index in [1.54, 1.807) is 6.92 Å². The van der Waals surface area contributed by atoms with Crippen molar-refractivity contribution in [2.75, 3.05) is 13.2 Å². The summed E-state index contributed by atoms with van der Waals surface area (Å²) in [4.78, 5) is 12.3. The third-order valence-corrected chi connectivity index (χ3v) is 8.47. The highest BCUT2D eigenvalue weighted by Crippen LogP contribution is 2.60. The predicted molar refractivity (Wildman–Crippen MR) is 123 cm³/mol. The Morgan fingerprint density at radius 1 is 1.00 bits per heavy atom. The van der Waals surface area contributed by atoms with Gasteiger partial charge in [0.05, 0.1) is 17.8 Å². The van der Waals surface area contributed by atoms with Crippen LogP contribution >= 0.6 is 0 Å². The van der Waals surface area contributed by atoms with E-state index in [0.29, 0.717) is 17.4 Å². The normalized spacial score (nSPS) is 38.1. The van der Waals surface area contributed by atoms with Gasteiger partial charge in [0.25, 0.3) is 0 Å². The average molecular weight is 433 g/mol. The Hall–Kier alpha value is -0.870. The van der Waals surface area contributed by atoms with Crippen molar-refractivity contribution in [3.8, 4) is 0 Å². The van der Waals surface area contributed by atoms with Crippen LogP contribution in [-0.2, 0) is 19.0 Å². The zero-order chi connectivity index (χ0) is 22.0. The Kier molecular flexibility index (Phi) is 7.18. The molecule has 4 nitrogen and oxygen atoms in total. The Bertz CT molecular complexity index is 636. The highest BCUT2D eigenvalue weighted by Gasteiger charge is 2.60. The van der Waals surface area contributed by atoms with Crippen molar-refractivity contribution in [3.05, 3.63) is 12.2 Å². The fraction of sp³-hybridized carbons (Fsp3) is 0.889. The Labute approximate surface area is 189 Å². The average Bonchev–Trinajstić information content (AvgIpc) is 2.66. The quantitative estimate of drug-likeness (QED) is 0.189. The number of carbonyl (C=O) groups excluding carboxylic acids is 1. The molecule has 0 spiro atoms. The molecule has 176 valence electrons. The molecule has 5 rings (SSSR count). The SMILES string of the molecule is C=C(C)C(=O)OC12CC3CC(CC(OCCCCCCCC4(CCC)CCO4)(C3)C1)C2. The molecule has 0 N–H and O–H groups in total. The van der Waals surface area contributed by atoms with Gasteiger partial charge in [-0.3, -0.25) is 0 Å². The van der Waals surface area contributed by atoms with Crippen LogP contribution < -0.4 is 0 Å². The maximum absolute atomic E-state index is 12.3. The van der Waals surface area contributed by atoms with Crippen LogP contribution in [0.4, 0.5) is 0 Å². The predicted octanol–water partition coefficient (Wildman–Crippen LogP) is 6.51. The fourth-order valence-electron chi connectivity index (χ4n) is 7.40. The van der Waals surface area contributed by atoms with Crippen molar-refractivity contribution in [3.63, 3.8) is 0 Å². The molecule has 0 aromatic rings. The molecule has 0 aromatic carbocycles. The van der Waals surface area contributed by atoms with Crippen LogP contribution in [0.25, 0.3) is 0 Å². The van der Waals surface area contributed by atoms with Crippen LogP contribution in [0.15, 0.2) is 12.2 Å². The van der Waals surface area contributed by atoms with Crippen LogP contribution in [0.5, 0.6) is 0 Å². The minimum absolute atomic E-state index is 0.0481. The molecule has 3 atom stereocenters. The number of esters is 1. The number of carbonyl (C=O) groups is 1. The van der Waals surface area contributed by atoms with Gasteiger partial charge in [0, 0.05) is 18.6 Å². The van der Waals surface area contributed by atoms with Crippen molar-refractivity contribution in [1.82, 2.24) is 0 Å². The first-order valence-corrected chi connectivity index (χ1v) is 13.0. The first kappa shape index (κ1) is 23.3. The standard InChI is InChI=1S/C27H44O4/c1-4-10-25(12-14-30-25)11-8-6-5-7-9-13-29-26-16-22-15-23(17-26)19-27(18-22,20-26)31-24(28)21(2)3/h22-23H,2,4-20H2,1,3H3. The van der Waals surface area contributed by atoms with Crippen LogP contribution in [0.1, 0.15) is 110 Å². The highest BCUT2D eigenvalue weighted by atomic mass is 16.6. The number of ether oxygens (including phenoxy) is 3. The molecule has 3 unspecified atom stereocenters. The van der Waals surface area contributed by atoms with Crippen molar-refractivity contribution < 1.29 is 19.0 Å². The number of hydrogen-bond acceptors (Lipinski definition) is 4. The van der Waals surface area contributed by atoms with Crippen LogP contribution in [0.2, 0.25) is 0 Å². The van der Waals surface area contributed by atoms with Gasteiger partial charge < -0.3 is 14.2 Å². The van der Waals surface area contributed by atoms with Crippen molar-refractivity contribution in [2.45, 2.75) is 127 Å². The monoisotopic (exact) mass is 432 g/mol. The van der Waals surface area contributed by atoms with E-state index in [0.717, 1.165) is 51.7 Å². The minimum atomic E-state index is -0.293. The van der Waals surface area contributed by atoms with Gasteiger partial charge in [-0.15, -0.1) is 0 Å². The van der Waals surface area contributed by atoms with Gasteiger partial charge in [-0.05, 0) is 76.5 Å². The molecule has 1 aliphatic heterocycles. The molecule has 0 amide bonds. The van der Waals surface area contributed by atoms with Gasteiger partial charge in [-0.25, -0.2) is 4.79 Å². The molecule has 5 aliphatic rings. The van der Waals surface area contributed by atoms with Gasteiger partial charge in [-0.1, -0.05) is 45.6 Å². The summed E-state index contributed by atoms with van der Waals surface area (Å²) in [6.45, 7) is 9.61. The number of hydrogen-bond donors (Lipinski definition) is 0. The summed E-state index contributed by atoms with van der Waals surface area (Å²) in [7, 11) is 0. The van der Waals surface area contributed by atoms with Crippen molar-refractivity contribution in [1.29, 1.82) is 0 Å². The summed E-state index contributed by atoms with van der Waals surface area (Å²) < 4.78 is 18.5. The van der Waals surface area contributed by atoms with E-state index in [4.69, 9.17) is 14.2 Å². The number of rotatable bonds is 13. The van der Waals surface area contributed by atoms with Crippen LogP contribution in [-0.4, -0.2) is 36.0 Å². The highest BCUT2D eigenvalue weighted by molar-refractivity contribution is 5.87. The lowest BCUT2D eigenvalue weighted by Gasteiger charge is -2.60. The number of unbranched alkanes of at least 4 members (excludes halogenated alkanes) is 4. The first-order valence-electron chi connectivity index (χ1n) is 13.0. The molecule has 31 heavy (non-hydrogen) atoms. The molecule has 4 saturated carbocycles. The molecule has 5 fully saturated rings. The maximum Gasteiger partial charge on any atom is 0.333 e. The summed E-state index contributed by atoms with van der Waals surface area (Å²) in [5, 5.41) is 0. The summed E-state index contributed by atoms with van der Waals surface area (Å²) in [6.07, 6.45) is 17.8. The van der Waals surface area contributed by atoms with E-state index >= 15 is 0 Å². The van der Waals surface area contributed by atoms with E-state index in [9.17, 15) is 4.79 Å². The van der Waals surface area contributed by atoms with E-state index in [2.05, 4.69) is 13.5 Å². The third-order valence-electron chi connectivity index (χ3n) is 8.47. The molecule has 0 aromatic heterocycles. The first-order chi connectivity index (χ1) is 14.9. The van der Waals surface area contributed by atoms with Crippen molar-refractivity contribution >= 4 is 5.97 Å². The molecular weight excluding hydrogens is 388 g/mol. The third kappa shape index (κ3) is 5.38. The van der Waals surface area contributed by atoms with Gasteiger partial charge in [-0.2, -0.15) is 0 Å². The summed E-state index contributed by atoms with van der Waals surface area (Å²) in [5.41, 5.74) is 0.404. The molecular formula is C27H44O4. The molecule has 4 bridgehead atoms. The van der Waals surface area contributed by atoms with E-state index in [-0.39, 0.29) is 22.8 Å². The van der Waals surface area contributed by atoms with Gasteiger partial charge in [0.2, 0.25) is 0 Å². The fourth-order valence-corrected chi connectivity index (χ4v) is 7.40. The van der Waals surface area contributed by atoms with Gasteiger partial charge in [0.1, 0.15) is 5.60 Å². The van der Waals surface area contributed by atoms with Crippen LogP contribution in [0.3, 0.4) is 0 Å². The Balaban J connectivity index is 1.16. The lowest BCUT2D eigenvalue weighted by Crippen LogP contribution is -2.61. The van der Waals surface area contributed by atoms with Crippen LogP contribution in [0, 0.1) is 11.8 Å². The van der Waals surface area contributed by atoms with Gasteiger partial charge in [0.15, 0.2) is 0 Å². The molecule has 1 saturated heterocycles. The topological polar surface area (TPSA) is 44.8 Å². The Morgan fingerprint density at radius 3 is 2.26 bits per heavy atom.